The first kappa shape index (κ1) is 13.1. The molecule has 2 amide bonds. The lowest BCUT2D eigenvalue weighted by atomic mass is 10.1. The first-order chi connectivity index (χ1) is 8.58. The normalized spacial score (nSPS) is 15.7. The van der Waals surface area contributed by atoms with Gasteiger partial charge in [-0.05, 0) is 34.8 Å². The fourth-order valence-corrected chi connectivity index (χ4v) is 2.75. The molecule has 2 rings (SSSR count). The molecule has 2 N–H and O–H groups in total. The summed E-state index contributed by atoms with van der Waals surface area (Å²) >= 11 is 3.30. The van der Waals surface area contributed by atoms with Crippen molar-refractivity contribution in [1.82, 2.24) is 15.4 Å². The molecule has 0 aliphatic heterocycles. The lowest BCUT2D eigenvalue weighted by molar-refractivity contribution is -0.125. The Hall–Kier alpha value is -1.30. The highest BCUT2D eigenvalue weighted by Crippen LogP contribution is 2.24. The Morgan fingerprint density at radius 2 is 2.00 bits per heavy atom. The molecule has 0 bridgehead atoms. The number of hydrogen-bond donors (Lipinski definition) is 2. The molecule has 18 heavy (non-hydrogen) atoms. The van der Waals surface area contributed by atoms with E-state index in [1.807, 2.05) is 0 Å². The Morgan fingerprint density at radius 3 is 2.56 bits per heavy atom. The number of hydrogen-bond acceptors (Lipinski definition) is 2. The number of rotatable bonds is 2. The summed E-state index contributed by atoms with van der Waals surface area (Å²) in [6, 6.07) is 1.71. The van der Waals surface area contributed by atoms with Crippen LogP contribution >= 0.6 is 15.9 Å². The molecule has 0 aromatic carbocycles. The van der Waals surface area contributed by atoms with E-state index in [9.17, 15) is 9.59 Å². The maximum atomic E-state index is 11.8. The predicted octanol–water partition coefficient (Wildman–Crippen LogP) is 1.74. The number of nitrogens with one attached hydrogen (secondary N) is 2. The summed E-state index contributed by atoms with van der Waals surface area (Å²) < 4.78 is 2.53. The van der Waals surface area contributed by atoms with Gasteiger partial charge >= 0.3 is 0 Å². The van der Waals surface area contributed by atoms with Crippen molar-refractivity contribution in [2.75, 3.05) is 0 Å². The van der Waals surface area contributed by atoms with E-state index in [0.29, 0.717) is 5.69 Å². The molecule has 6 heteroatoms. The minimum Gasteiger partial charge on any atom is -0.345 e. The van der Waals surface area contributed by atoms with Crippen molar-refractivity contribution in [2.24, 2.45) is 13.0 Å². The van der Waals surface area contributed by atoms with E-state index < -0.39 is 0 Å². The lowest BCUT2D eigenvalue weighted by Crippen LogP contribution is -2.44. The highest BCUT2D eigenvalue weighted by molar-refractivity contribution is 9.10. The molecule has 5 nitrogen and oxygen atoms in total. The van der Waals surface area contributed by atoms with Crippen LogP contribution in [0.25, 0.3) is 0 Å². The van der Waals surface area contributed by atoms with Gasteiger partial charge in [0.1, 0.15) is 5.69 Å². The van der Waals surface area contributed by atoms with Gasteiger partial charge in [-0.15, -0.1) is 0 Å². The fourth-order valence-electron chi connectivity index (χ4n) is 2.22. The molecular weight excluding hydrogens is 298 g/mol. The van der Waals surface area contributed by atoms with E-state index >= 15 is 0 Å². The number of halogens is 1. The van der Waals surface area contributed by atoms with Crippen LogP contribution in [0.5, 0.6) is 0 Å². The number of aryl methyl sites for hydroxylation is 1. The average molecular weight is 314 g/mol. The Balaban J connectivity index is 1.88. The van der Waals surface area contributed by atoms with Crippen molar-refractivity contribution in [3.63, 3.8) is 0 Å². The Morgan fingerprint density at radius 1 is 1.33 bits per heavy atom. The fraction of sp³-hybridized carbons (Fsp3) is 0.500. The van der Waals surface area contributed by atoms with Crippen molar-refractivity contribution in [1.29, 1.82) is 0 Å². The quantitative estimate of drug-likeness (QED) is 0.817. The Bertz CT molecular complexity index is 464. The molecule has 1 aliphatic carbocycles. The summed E-state index contributed by atoms with van der Waals surface area (Å²) in [6.07, 6.45) is 5.80. The number of nitrogens with zero attached hydrogens (tertiary/aromatic N) is 1. The second-order valence-electron chi connectivity index (χ2n) is 4.58. The first-order valence-electron chi connectivity index (χ1n) is 6.00. The average Bonchev–Trinajstić information content (AvgIpc) is 2.95. The molecular formula is C12H16BrN3O2. The topological polar surface area (TPSA) is 63.1 Å². The number of aromatic nitrogens is 1. The van der Waals surface area contributed by atoms with E-state index in [1.54, 1.807) is 23.9 Å². The van der Waals surface area contributed by atoms with Crippen LogP contribution in [0.2, 0.25) is 0 Å². The molecule has 1 saturated carbocycles. The maximum Gasteiger partial charge on any atom is 0.286 e. The third-order valence-corrected chi connectivity index (χ3v) is 3.66. The van der Waals surface area contributed by atoms with E-state index in [2.05, 4.69) is 26.8 Å². The molecule has 1 heterocycles. The zero-order valence-electron chi connectivity index (χ0n) is 10.2. The molecule has 0 atom stereocenters. The van der Waals surface area contributed by atoms with Gasteiger partial charge in [-0.25, -0.2) is 0 Å². The van der Waals surface area contributed by atoms with Gasteiger partial charge in [-0.3, -0.25) is 20.4 Å². The van der Waals surface area contributed by atoms with Crippen LogP contribution < -0.4 is 10.9 Å². The molecule has 0 saturated heterocycles. The first-order valence-corrected chi connectivity index (χ1v) is 6.79. The summed E-state index contributed by atoms with van der Waals surface area (Å²) in [5.74, 6) is -0.353. The van der Waals surface area contributed by atoms with Crippen LogP contribution in [-0.4, -0.2) is 16.4 Å². The van der Waals surface area contributed by atoms with Gasteiger partial charge in [-0.1, -0.05) is 12.8 Å². The summed E-state index contributed by atoms with van der Waals surface area (Å²) in [7, 11) is 1.78. The summed E-state index contributed by atoms with van der Waals surface area (Å²) in [5, 5.41) is 0. The monoisotopic (exact) mass is 313 g/mol. The van der Waals surface area contributed by atoms with Gasteiger partial charge in [0.25, 0.3) is 5.91 Å². The smallest absolute Gasteiger partial charge is 0.286 e. The molecule has 0 radical (unpaired) electrons. The summed E-state index contributed by atoms with van der Waals surface area (Å²) in [5.41, 5.74) is 5.44. The largest absolute Gasteiger partial charge is 0.345 e. The Labute approximate surface area is 114 Å². The SMILES string of the molecule is Cn1cc(Br)cc1C(=O)NNC(=O)C1CCCC1. The van der Waals surface area contributed by atoms with Gasteiger partial charge < -0.3 is 4.57 Å². The van der Waals surface area contributed by atoms with Gasteiger partial charge in [-0.2, -0.15) is 0 Å². The van der Waals surface area contributed by atoms with Crippen molar-refractivity contribution in [3.05, 3.63) is 22.4 Å². The molecule has 1 aromatic heterocycles. The molecule has 1 fully saturated rings. The lowest BCUT2D eigenvalue weighted by Gasteiger charge is -2.11. The highest BCUT2D eigenvalue weighted by atomic mass is 79.9. The minimum atomic E-state index is -0.311. The van der Waals surface area contributed by atoms with Gasteiger partial charge in [0.05, 0.1) is 0 Å². The van der Waals surface area contributed by atoms with Crippen molar-refractivity contribution >= 4 is 27.7 Å². The maximum absolute atomic E-state index is 11.8. The highest BCUT2D eigenvalue weighted by Gasteiger charge is 2.23. The number of carbonyl (C=O) groups excluding carboxylic acids is 2. The Kier molecular flexibility index (Phi) is 4.06. The van der Waals surface area contributed by atoms with Crippen LogP contribution in [0.3, 0.4) is 0 Å². The van der Waals surface area contributed by atoms with Crippen LogP contribution in [0.1, 0.15) is 36.2 Å². The number of hydrazine groups is 1. The van der Waals surface area contributed by atoms with Gasteiger partial charge in [0.2, 0.25) is 5.91 Å². The molecule has 0 unspecified atom stereocenters. The van der Waals surface area contributed by atoms with E-state index in [-0.39, 0.29) is 17.7 Å². The van der Waals surface area contributed by atoms with Crippen molar-refractivity contribution < 1.29 is 9.59 Å². The van der Waals surface area contributed by atoms with E-state index in [1.165, 1.54) is 0 Å². The van der Waals surface area contributed by atoms with Gasteiger partial charge in [0.15, 0.2) is 0 Å². The summed E-state index contributed by atoms with van der Waals surface area (Å²) in [6.45, 7) is 0. The second-order valence-corrected chi connectivity index (χ2v) is 5.49. The van der Waals surface area contributed by atoms with Crippen LogP contribution in [0.4, 0.5) is 0 Å². The van der Waals surface area contributed by atoms with E-state index in [0.717, 1.165) is 30.2 Å². The molecule has 1 aliphatic rings. The van der Waals surface area contributed by atoms with E-state index in [4.69, 9.17) is 0 Å². The van der Waals surface area contributed by atoms with Crippen LogP contribution in [0, 0.1) is 5.92 Å². The molecule has 98 valence electrons. The zero-order valence-corrected chi connectivity index (χ0v) is 11.8. The number of amides is 2. The zero-order chi connectivity index (χ0) is 13.1. The summed E-state index contributed by atoms with van der Waals surface area (Å²) in [4.78, 5) is 23.6. The van der Waals surface area contributed by atoms with Crippen molar-refractivity contribution in [2.45, 2.75) is 25.7 Å². The van der Waals surface area contributed by atoms with Crippen LogP contribution in [-0.2, 0) is 11.8 Å². The minimum absolute atomic E-state index is 0.0467. The third-order valence-electron chi connectivity index (χ3n) is 3.23. The van der Waals surface area contributed by atoms with Crippen molar-refractivity contribution in [3.8, 4) is 0 Å². The standard InChI is InChI=1S/C12H16BrN3O2/c1-16-7-9(13)6-10(16)12(18)15-14-11(17)8-4-2-3-5-8/h6-8H,2-5H2,1H3,(H,14,17)(H,15,18). The van der Waals surface area contributed by atoms with Gasteiger partial charge in [0, 0.05) is 23.6 Å². The molecule has 1 aromatic rings. The third kappa shape index (κ3) is 2.93. The second kappa shape index (κ2) is 5.56. The number of carbonyl (C=O) groups is 2. The van der Waals surface area contributed by atoms with Crippen LogP contribution in [0.15, 0.2) is 16.7 Å². The predicted molar refractivity (Wildman–Crippen MR) is 70.7 cm³/mol. The molecule has 0 spiro atoms.